The van der Waals surface area contributed by atoms with Crippen molar-refractivity contribution in [2.24, 2.45) is 0 Å². The molecule has 0 fully saturated rings. The fourth-order valence-corrected chi connectivity index (χ4v) is 1.08. The Labute approximate surface area is 68.9 Å². The molecule has 1 amide bonds. The van der Waals surface area contributed by atoms with E-state index < -0.39 is 0 Å². The highest BCUT2D eigenvalue weighted by Gasteiger charge is 2.06. The van der Waals surface area contributed by atoms with Crippen LogP contribution in [0.3, 0.4) is 0 Å². The summed E-state index contributed by atoms with van der Waals surface area (Å²) < 4.78 is 0. The standard InChI is InChI=1S/C6H9N3OS/c1-9(2)6(10)3-5-8-7-4-11-5/h4H,3H2,1-2H3. The van der Waals surface area contributed by atoms with Crippen molar-refractivity contribution < 1.29 is 4.79 Å². The van der Waals surface area contributed by atoms with Crippen LogP contribution in [0.4, 0.5) is 0 Å². The summed E-state index contributed by atoms with van der Waals surface area (Å²) in [5.41, 5.74) is 1.62. The molecule has 1 aromatic heterocycles. The van der Waals surface area contributed by atoms with Gasteiger partial charge in [-0.3, -0.25) is 4.79 Å². The van der Waals surface area contributed by atoms with Gasteiger partial charge in [-0.1, -0.05) is 0 Å². The molecule has 0 atom stereocenters. The maximum absolute atomic E-state index is 11.1. The molecular formula is C6H9N3OS. The van der Waals surface area contributed by atoms with Crippen LogP contribution in [0.2, 0.25) is 0 Å². The minimum Gasteiger partial charge on any atom is -0.348 e. The van der Waals surface area contributed by atoms with Crippen molar-refractivity contribution in [3.05, 3.63) is 10.5 Å². The van der Waals surface area contributed by atoms with E-state index in [0.29, 0.717) is 6.42 Å². The molecule has 0 spiro atoms. The lowest BCUT2D eigenvalue weighted by Crippen LogP contribution is -2.23. The highest BCUT2D eigenvalue weighted by molar-refractivity contribution is 7.09. The molecule has 0 N–H and O–H groups in total. The summed E-state index contributed by atoms with van der Waals surface area (Å²) in [6.07, 6.45) is 0.359. The first-order valence-electron chi connectivity index (χ1n) is 3.15. The smallest absolute Gasteiger partial charge is 0.229 e. The van der Waals surface area contributed by atoms with Crippen molar-refractivity contribution in [3.8, 4) is 0 Å². The molecule has 0 unspecified atom stereocenters. The van der Waals surface area contributed by atoms with E-state index in [2.05, 4.69) is 10.2 Å². The number of rotatable bonds is 2. The highest BCUT2D eigenvalue weighted by Crippen LogP contribution is 2.02. The van der Waals surface area contributed by atoms with Crippen LogP contribution in [-0.2, 0) is 11.2 Å². The Bertz CT molecular complexity index is 232. The van der Waals surface area contributed by atoms with Gasteiger partial charge in [0.25, 0.3) is 0 Å². The average molecular weight is 171 g/mol. The molecule has 0 bridgehead atoms. The van der Waals surface area contributed by atoms with Crippen molar-refractivity contribution in [2.75, 3.05) is 14.1 Å². The first-order valence-corrected chi connectivity index (χ1v) is 4.03. The molecule has 0 aliphatic rings. The molecular weight excluding hydrogens is 162 g/mol. The van der Waals surface area contributed by atoms with Crippen LogP contribution in [0.25, 0.3) is 0 Å². The zero-order chi connectivity index (χ0) is 8.27. The summed E-state index contributed by atoms with van der Waals surface area (Å²) in [6.45, 7) is 0. The zero-order valence-electron chi connectivity index (χ0n) is 6.44. The molecule has 0 radical (unpaired) electrons. The van der Waals surface area contributed by atoms with E-state index in [1.165, 1.54) is 11.3 Å². The molecule has 0 aliphatic carbocycles. The van der Waals surface area contributed by atoms with E-state index in [4.69, 9.17) is 0 Å². The van der Waals surface area contributed by atoms with E-state index in [9.17, 15) is 4.79 Å². The van der Waals surface area contributed by atoms with Crippen LogP contribution in [-0.4, -0.2) is 35.1 Å². The van der Waals surface area contributed by atoms with Crippen LogP contribution < -0.4 is 0 Å². The third-order valence-corrected chi connectivity index (χ3v) is 1.90. The topological polar surface area (TPSA) is 46.1 Å². The molecule has 0 aliphatic heterocycles. The van der Waals surface area contributed by atoms with Gasteiger partial charge in [0, 0.05) is 14.1 Å². The largest absolute Gasteiger partial charge is 0.348 e. The Morgan fingerprint density at radius 3 is 2.91 bits per heavy atom. The first-order chi connectivity index (χ1) is 5.20. The lowest BCUT2D eigenvalue weighted by molar-refractivity contribution is -0.127. The minimum atomic E-state index is 0.0572. The molecule has 0 saturated carbocycles. The lowest BCUT2D eigenvalue weighted by atomic mass is 10.4. The molecule has 1 aromatic rings. The van der Waals surface area contributed by atoms with Crippen LogP contribution >= 0.6 is 11.3 Å². The summed E-state index contributed by atoms with van der Waals surface area (Å²) in [5.74, 6) is 0.0572. The quantitative estimate of drug-likeness (QED) is 0.637. The van der Waals surface area contributed by atoms with Gasteiger partial charge in [0.05, 0.1) is 6.42 Å². The van der Waals surface area contributed by atoms with Gasteiger partial charge in [0.15, 0.2) is 0 Å². The van der Waals surface area contributed by atoms with Crippen molar-refractivity contribution in [1.82, 2.24) is 15.1 Å². The zero-order valence-corrected chi connectivity index (χ0v) is 7.26. The van der Waals surface area contributed by atoms with Gasteiger partial charge < -0.3 is 4.90 Å². The third-order valence-electron chi connectivity index (χ3n) is 1.21. The minimum absolute atomic E-state index is 0.0572. The number of amides is 1. The van der Waals surface area contributed by atoms with Gasteiger partial charge >= 0.3 is 0 Å². The molecule has 4 nitrogen and oxygen atoms in total. The van der Waals surface area contributed by atoms with Gasteiger partial charge in [-0.25, -0.2) is 0 Å². The Morgan fingerprint density at radius 1 is 1.73 bits per heavy atom. The van der Waals surface area contributed by atoms with Gasteiger partial charge in [0.1, 0.15) is 10.5 Å². The summed E-state index contributed by atoms with van der Waals surface area (Å²) in [7, 11) is 3.45. The monoisotopic (exact) mass is 171 g/mol. The van der Waals surface area contributed by atoms with Crippen LogP contribution in [0.5, 0.6) is 0 Å². The molecule has 5 heteroatoms. The number of nitrogens with zero attached hydrogens (tertiary/aromatic N) is 3. The molecule has 60 valence electrons. The molecule has 1 rings (SSSR count). The van der Waals surface area contributed by atoms with Gasteiger partial charge in [-0.05, 0) is 0 Å². The van der Waals surface area contributed by atoms with Crippen molar-refractivity contribution in [3.63, 3.8) is 0 Å². The molecule has 11 heavy (non-hydrogen) atoms. The molecule has 0 saturated heterocycles. The van der Waals surface area contributed by atoms with Crippen molar-refractivity contribution in [1.29, 1.82) is 0 Å². The number of carbonyl (C=O) groups excluding carboxylic acids is 1. The van der Waals surface area contributed by atoms with E-state index >= 15 is 0 Å². The Morgan fingerprint density at radius 2 is 2.45 bits per heavy atom. The van der Waals surface area contributed by atoms with Crippen molar-refractivity contribution >= 4 is 17.2 Å². The van der Waals surface area contributed by atoms with E-state index in [1.807, 2.05) is 0 Å². The Kier molecular flexibility index (Phi) is 2.53. The van der Waals surface area contributed by atoms with Crippen LogP contribution in [0, 0.1) is 0 Å². The second-order valence-electron chi connectivity index (χ2n) is 2.30. The summed E-state index contributed by atoms with van der Waals surface area (Å²) in [5, 5.41) is 8.16. The Hall–Kier alpha value is -0.970. The maximum Gasteiger partial charge on any atom is 0.229 e. The SMILES string of the molecule is CN(C)C(=O)Cc1nncs1. The number of hydrogen-bond donors (Lipinski definition) is 0. The average Bonchev–Trinajstić information content (AvgIpc) is 2.39. The number of carbonyl (C=O) groups is 1. The van der Waals surface area contributed by atoms with Gasteiger partial charge in [0.2, 0.25) is 5.91 Å². The predicted molar refractivity (Wildman–Crippen MR) is 42.3 cm³/mol. The number of likely N-dealkylation sites (N-methyl/N-ethyl adjacent to an activating group) is 1. The molecule has 0 aromatic carbocycles. The second-order valence-corrected chi connectivity index (χ2v) is 3.22. The van der Waals surface area contributed by atoms with E-state index in [-0.39, 0.29) is 5.91 Å². The summed E-state index contributed by atoms with van der Waals surface area (Å²) >= 11 is 1.40. The molecule has 1 heterocycles. The fourth-order valence-electron chi connectivity index (χ4n) is 0.560. The van der Waals surface area contributed by atoms with Crippen LogP contribution in [0.1, 0.15) is 5.01 Å². The van der Waals surface area contributed by atoms with Crippen molar-refractivity contribution in [2.45, 2.75) is 6.42 Å². The number of hydrogen-bond acceptors (Lipinski definition) is 4. The van der Waals surface area contributed by atoms with E-state index in [1.54, 1.807) is 24.5 Å². The van der Waals surface area contributed by atoms with Gasteiger partial charge in [-0.2, -0.15) is 0 Å². The second kappa shape index (κ2) is 3.43. The Balaban J connectivity index is 2.50. The first kappa shape index (κ1) is 8.13. The maximum atomic E-state index is 11.1. The van der Waals surface area contributed by atoms with E-state index in [0.717, 1.165) is 5.01 Å². The van der Waals surface area contributed by atoms with Crippen LogP contribution in [0.15, 0.2) is 5.51 Å². The third kappa shape index (κ3) is 2.27. The lowest BCUT2D eigenvalue weighted by Gasteiger charge is -2.07. The number of aromatic nitrogens is 2. The normalized spacial score (nSPS) is 9.64. The predicted octanol–water partition coefficient (Wildman–Crippen LogP) is 0.169. The van der Waals surface area contributed by atoms with Gasteiger partial charge in [-0.15, -0.1) is 21.5 Å². The summed E-state index contributed by atoms with van der Waals surface area (Å²) in [4.78, 5) is 12.6. The highest BCUT2D eigenvalue weighted by atomic mass is 32.1. The summed E-state index contributed by atoms with van der Waals surface area (Å²) in [6, 6.07) is 0. The fraction of sp³-hybridized carbons (Fsp3) is 0.500.